The van der Waals surface area contributed by atoms with Crippen molar-refractivity contribution in [3.8, 4) is 0 Å². The van der Waals surface area contributed by atoms with Crippen molar-refractivity contribution in [3.05, 3.63) is 12.7 Å². The van der Waals surface area contributed by atoms with Gasteiger partial charge in [0.2, 0.25) is 5.91 Å². The minimum absolute atomic E-state index is 0.0737. The molecule has 9 atom stereocenters. The third-order valence-corrected chi connectivity index (χ3v) is 12.2. The zero-order chi connectivity index (χ0) is 26.6. The Balaban J connectivity index is 1.28. The van der Waals surface area contributed by atoms with E-state index in [2.05, 4.69) is 46.5 Å². The van der Waals surface area contributed by atoms with Crippen LogP contribution >= 0.6 is 0 Å². The highest BCUT2D eigenvalue weighted by Crippen LogP contribution is 2.68. The van der Waals surface area contributed by atoms with Crippen molar-refractivity contribution in [1.82, 2.24) is 5.32 Å². The van der Waals surface area contributed by atoms with Gasteiger partial charge < -0.3 is 10.1 Å². The standard InChI is InChI=1S/C34H59NO2/c1-7-32(36)35-21-8-9-22-37-27-17-19-33(5)26(23-27)13-14-28-30-16-15-29(25(4)12-10-11-24(2)3)34(30,6)20-18-31(28)33/h7,24-31H,1,8-23H2,2-6H3,(H,35,36)/t25-,26?,27?,28+,29-,30+,31+,33+,34-/m1/s1. The van der Waals surface area contributed by atoms with Gasteiger partial charge in [-0.3, -0.25) is 4.79 Å². The number of carbonyl (C=O) groups is 1. The monoisotopic (exact) mass is 513 g/mol. The first-order valence-electron chi connectivity index (χ1n) is 16.2. The number of unbranched alkanes of at least 4 members (excludes halogenated alkanes) is 1. The van der Waals surface area contributed by atoms with Crippen molar-refractivity contribution in [2.24, 2.45) is 52.3 Å². The summed E-state index contributed by atoms with van der Waals surface area (Å²) in [6.07, 6.45) is 20.9. The van der Waals surface area contributed by atoms with E-state index >= 15 is 0 Å². The number of ether oxygens (including phenoxy) is 1. The predicted octanol–water partition coefficient (Wildman–Crippen LogP) is 8.58. The molecule has 212 valence electrons. The van der Waals surface area contributed by atoms with E-state index in [9.17, 15) is 4.79 Å². The van der Waals surface area contributed by atoms with Crippen LogP contribution in [0.15, 0.2) is 12.7 Å². The summed E-state index contributed by atoms with van der Waals surface area (Å²) in [7, 11) is 0. The van der Waals surface area contributed by atoms with Gasteiger partial charge in [-0.2, -0.15) is 0 Å². The van der Waals surface area contributed by atoms with E-state index in [-0.39, 0.29) is 5.91 Å². The van der Waals surface area contributed by atoms with E-state index < -0.39 is 0 Å². The van der Waals surface area contributed by atoms with Gasteiger partial charge in [0.15, 0.2) is 0 Å². The van der Waals surface area contributed by atoms with E-state index in [1.165, 1.54) is 83.1 Å². The summed E-state index contributed by atoms with van der Waals surface area (Å²) in [6.45, 7) is 17.8. The van der Waals surface area contributed by atoms with Crippen LogP contribution in [-0.4, -0.2) is 25.2 Å². The number of hydrogen-bond donors (Lipinski definition) is 1. The highest BCUT2D eigenvalue weighted by Gasteiger charge is 2.60. The molecule has 4 rings (SSSR count). The van der Waals surface area contributed by atoms with E-state index in [1.807, 2.05) is 0 Å². The highest BCUT2D eigenvalue weighted by molar-refractivity contribution is 5.86. The van der Waals surface area contributed by atoms with E-state index in [0.29, 0.717) is 16.9 Å². The van der Waals surface area contributed by atoms with Gasteiger partial charge in [-0.15, -0.1) is 0 Å². The van der Waals surface area contributed by atoms with Crippen LogP contribution in [0, 0.1) is 52.3 Å². The molecule has 0 heterocycles. The van der Waals surface area contributed by atoms with Gasteiger partial charge in [-0.05, 0) is 129 Å². The lowest BCUT2D eigenvalue weighted by molar-refractivity contribution is -0.136. The summed E-state index contributed by atoms with van der Waals surface area (Å²) in [5.41, 5.74) is 1.15. The van der Waals surface area contributed by atoms with Crippen molar-refractivity contribution in [2.45, 2.75) is 131 Å². The Morgan fingerprint density at radius 2 is 1.70 bits per heavy atom. The van der Waals surface area contributed by atoms with Gasteiger partial charge in [-0.1, -0.05) is 60.5 Å². The summed E-state index contributed by atoms with van der Waals surface area (Å²) in [6, 6.07) is 0. The Bertz CT molecular complexity index is 763. The lowest BCUT2D eigenvalue weighted by Gasteiger charge is -2.61. The second kappa shape index (κ2) is 12.6. The topological polar surface area (TPSA) is 38.3 Å². The van der Waals surface area contributed by atoms with Gasteiger partial charge in [0.1, 0.15) is 0 Å². The Hall–Kier alpha value is -0.830. The number of carbonyl (C=O) groups excluding carboxylic acids is 1. The van der Waals surface area contributed by atoms with Crippen LogP contribution in [0.1, 0.15) is 125 Å². The summed E-state index contributed by atoms with van der Waals surface area (Å²) in [5, 5.41) is 2.87. The third kappa shape index (κ3) is 6.33. The minimum Gasteiger partial charge on any atom is -0.378 e. The Morgan fingerprint density at radius 3 is 2.46 bits per heavy atom. The van der Waals surface area contributed by atoms with Crippen molar-refractivity contribution in [1.29, 1.82) is 0 Å². The molecule has 2 unspecified atom stereocenters. The second-order valence-electron chi connectivity index (χ2n) is 14.7. The van der Waals surface area contributed by atoms with Crippen LogP contribution in [0.4, 0.5) is 0 Å². The predicted molar refractivity (Wildman–Crippen MR) is 155 cm³/mol. The molecule has 0 aromatic rings. The SMILES string of the molecule is C=CC(=O)NCCCCOC1CC[C@@]2(C)C(CC[C@H]3[C@@H]4CC[C@H]([C@H](C)CCCC(C)C)[C@@]4(C)CC[C@@H]32)C1. The fourth-order valence-corrected chi connectivity index (χ4v) is 10.2. The van der Waals surface area contributed by atoms with Crippen molar-refractivity contribution >= 4 is 5.91 Å². The molecule has 4 aliphatic rings. The zero-order valence-corrected chi connectivity index (χ0v) is 25.0. The first-order valence-corrected chi connectivity index (χ1v) is 16.2. The normalized spacial score (nSPS) is 39.9. The van der Waals surface area contributed by atoms with Crippen molar-refractivity contribution in [3.63, 3.8) is 0 Å². The maximum atomic E-state index is 11.3. The Morgan fingerprint density at radius 1 is 0.946 bits per heavy atom. The molecule has 3 nitrogen and oxygen atoms in total. The van der Waals surface area contributed by atoms with Gasteiger partial charge in [0, 0.05) is 13.2 Å². The molecular formula is C34H59NO2. The fraction of sp³-hybridized carbons (Fsp3) is 0.912. The third-order valence-electron chi connectivity index (χ3n) is 12.2. The number of hydrogen-bond acceptors (Lipinski definition) is 2. The lowest BCUT2D eigenvalue weighted by atomic mass is 9.44. The number of amides is 1. The molecular weight excluding hydrogens is 454 g/mol. The van der Waals surface area contributed by atoms with E-state index in [0.717, 1.165) is 67.4 Å². The molecule has 4 aliphatic carbocycles. The smallest absolute Gasteiger partial charge is 0.243 e. The van der Waals surface area contributed by atoms with Crippen molar-refractivity contribution < 1.29 is 9.53 Å². The van der Waals surface area contributed by atoms with Crippen molar-refractivity contribution in [2.75, 3.05) is 13.2 Å². The minimum atomic E-state index is -0.0737. The summed E-state index contributed by atoms with van der Waals surface area (Å²) in [5.74, 6) is 6.42. The molecule has 0 aromatic carbocycles. The van der Waals surface area contributed by atoms with Gasteiger partial charge in [-0.25, -0.2) is 0 Å². The second-order valence-corrected chi connectivity index (χ2v) is 14.7. The van der Waals surface area contributed by atoms with Crippen LogP contribution in [0.5, 0.6) is 0 Å². The molecule has 0 aliphatic heterocycles. The Kier molecular flexibility index (Phi) is 9.90. The van der Waals surface area contributed by atoms with Crippen LogP contribution < -0.4 is 5.32 Å². The van der Waals surface area contributed by atoms with Crippen LogP contribution in [0.2, 0.25) is 0 Å². The Labute approximate surface area is 229 Å². The van der Waals surface area contributed by atoms with Crippen LogP contribution in [0.25, 0.3) is 0 Å². The van der Waals surface area contributed by atoms with Gasteiger partial charge in [0.25, 0.3) is 0 Å². The average molecular weight is 514 g/mol. The van der Waals surface area contributed by atoms with E-state index in [4.69, 9.17) is 4.74 Å². The quantitative estimate of drug-likeness (QED) is 0.210. The maximum Gasteiger partial charge on any atom is 0.243 e. The maximum absolute atomic E-state index is 11.3. The molecule has 0 radical (unpaired) electrons. The summed E-state index contributed by atoms with van der Waals surface area (Å²) in [4.78, 5) is 11.3. The molecule has 4 saturated carbocycles. The fourth-order valence-electron chi connectivity index (χ4n) is 10.2. The number of rotatable bonds is 12. The molecule has 3 heteroatoms. The lowest BCUT2D eigenvalue weighted by Crippen LogP contribution is -2.54. The molecule has 1 amide bonds. The van der Waals surface area contributed by atoms with E-state index in [1.54, 1.807) is 0 Å². The highest BCUT2D eigenvalue weighted by atomic mass is 16.5. The van der Waals surface area contributed by atoms with Crippen LogP contribution in [-0.2, 0) is 9.53 Å². The first kappa shape index (κ1) is 29.2. The summed E-state index contributed by atoms with van der Waals surface area (Å²) < 4.78 is 6.39. The molecule has 37 heavy (non-hydrogen) atoms. The summed E-state index contributed by atoms with van der Waals surface area (Å²) >= 11 is 0. The van der Waals surface area contributed by atoms with Gasteiger partial charge >= 0.3 is 0 Å². The zero-order valence-electron chi connectivity index (χ0n) is 25.0. The number of fused-ring (bicyclic) bond motifs is 5. The van der Waals surface area contributed by atoms with Crippen LogP contribution in [0.3, 0.4) is 0 Å². The number of nitrogens with one attached hydrogen (secondary N) is 1. The molecule has 0 saturated heterocycles. The first-order chi connectivity index (χ1) is 17.7. The molecule has 0 bridgehead atoms. The average Bonchev–Trinajstić information content (AvgIpc) is 3.23. The largest absolute Gasteiger partial charge is 0.378 e. The molecule has 0 spiro atoms. The van der Waals surface area contributed by atoms with Gasteiger partial charge in [0.05, 0.1) is 6.10 Å². The molecule has 0 aromatic heterocycles. The molecule has 1 N–H and O–H groups in total. The molecule has 4 fully saturated rings.